The molecule has 6 heteroatoms. The number of rotatable bonds is 6. The summed E-state index contributed by atoms with van der Waals surface area (Å²) in [5.41, 5.74) is 2.32. The van der Waals surface area contributed by atoms with Crippen molar-refractivity contribution in [1.29, 1.82) is 0 Å². The molecule has 0 atom stereocenters. The third kappa shape index (κ3) is 4.87. The summed E-state index contributed by atoms with van der Waals surface area (Å²) in [5, 5.41) is 0.254. The minimum Gasteiger partial charge on any atom is -0.484 e. The van der Waals surface area contributed by atoms with Gasteiger partial charge in [-0.1, -0.05) is 29.8 Å². The first kappa shape index (κ1) is 19.8. The van der Waals surface area contributed by atoms with Crippen LogP contribution in [0.15, 0.2) is 60.8 Å². The maximum absolute atomic E-state index is 14.3. The number of benzene rings is 2. The number of hydrogen-bond acceptors (Lipinski definition) is 3. The molecule has 144 valence electrons. The lowest BCUT2D eigenvalue weighted by Gasteiger charge is -2.23. The topological polar surface area (TPSA) is 42.4 Å². The van der Waals surface area contributed by atoms with Crippen molar-refractivity contribution in [3.8, 4) is 5.75 Å². The SMILES string of the molecule is Cc1cc(C)cc(OCC(=O)N(Cc2c(F)cccc2Cl)c2ccccn2)c1. The quantitative estimate of drug-likeness (QED) is 0.580. The Balaban J connectivity index is 1.83. The second-order valence-electron chi connectivity index (χ2n) is 6.48. The summed E-state index contributed by atoms with van der Waals surface area (Å²) in [6.45, 7) is 3.67. The molecule has 28 heavy (non-hydrogen) atoms. The molecule has 1 aromatic heterocycles. The number of aryl methyl sites for hydroxylation is 2. The van der Waals surface area contributed by atoms with Crippen LogP contribution < -0.4 is 9.64 Å². The molecule has 0 saturated heterocycles. The number of carbonyl (C=O) groups is 1. The maximum atomic E-state index is 14.3. The lowest BCUT2D eigenvalue weighted by Crippen LogP contribution is -2.35. The predicted molar refractivity (Wildman–Crippen MR) is 108 cm³/mol. The predicted octanol–water partition coefficient (Wildman–Crippen LogP) is 5.10. The molecule has 0 fully saturated rings. The lowest BCUT2D eigenvalue weighted by molar-refractivity contribution is -0.120. The Morgan fingerprint density at radius 1 is 1.11 bits per heavy atom. The van der Waals surface area contributed by atoms with E-state index in [2.05, 4.69) is 4.98 Å². The summed E-state index contributed by atoms with van der Waals surface area (Å²) in [4.78, 5) is 18.5. The summed E-state index contributed by atoms with van der Waals surface area (Å²) < 4.78 is 19.9. The van der Waals surface area contributed by atoms with Crippen molar-refractivity contribution in [1.82, 2.24) is 4.98 Å². The molecule has 1 amide bonds. The van der Waals surface area contributed by atoms with Gasteiger partial charge in [0.25, 0.3) is 5.91 Å². The molecule has 0 unspecified atom stereocenters. The number of pyridine rings is 1. The van der Waals surface area contributed by atoms with E-state index in [1.165, 1.54) is 17.0 Å². The molecule has 0 aliphatic heterocycles. The summed E-state index contributed by atoms with van der Waals surface area (Å²) >= 11 is 6.14. The number of ether oxygens (including phenoxy) is 1. The van der Waals surface area contributed by atoms with Gasteiger partial charge in [0.15, 0.2) is 6.61 Å². The monoisotopic (exact) mass is 398 g/mol. The third-order valence-corrected chi connectivity index (χ3v) is 4.52. The highest BCUT2D eigenvalue weighted by molar-refractivity contribution is 6.31. The van der Waals surface area contributed by atoms with Gasteiger partial charge in [0.05, 0.1) is 6.54 Å². The van der Waals surface area contributed by atoms with Crippen molar-refractivity contribution in [2.75, 3.05) is 11.5 Å². The zero-order chi connectivity index (χ0) is 20.1. The van der Waals surface area contributed by atoms with E-state index in [0.717, 1.165) is 11.1 Å². The summed E-state index contributed by atoms with van der Waals surface area (Å²) in [5.74, 6) is 0.181. The van der Waals surface area contributed by atoms with Crippen LogP contribution in [-0.4, -0.2) is 17.5 Å². The molecule has 0 aliphatic rings. The first-order valence-electron chi connectivity index (χ1n) is 8.79. The normalized spacial score (nSPS) is 10.6. The van der Waals surface area contributed by atoms with Crippen LogP contribution in [0.4, 0.5) is 10.2 Å². The Bertz CT molecular complexity index is 939. The van der Waals surface area contributed by atoms with Gasteiger partial charge in [0.1, 0.15) is 17.4 Å². The van der Waals surface area contributed by atoms with Gasteiger partial charge >= 0.3 is 0 Å². The number of carbonyl (C=O) groups excluding carboxylic acids is 1. The molecular weight excluding hydrogens is 379 g/mol. The molecule has 0 saturated carbocycles. The fraction of sp³-hybridized carbons (Fsp3) is 0.182. The molecule has 3 rings (SSSR count). The number of nitrogens with zero attached hydrogens (tertiary/aromatic N) is 2. The van der Waals surface area contributed by atoms with Crippen molar-refractivity contribution in [3.63, 3.8) is 0 Å². The molecule has 2 aromatic carbocycles. The van der Waals surface area contributed by atoms with Gasteiger partial charge in [-0.2, -0.15) is 0 Å². The van der Waals surface area contributed by atoms with E-state index >= 15 is 0 Å². The zero-order valence-corrected chi connectivity index (χ0v) is 16.4. The van der Waals surface area contributed by atoms with Crippen LogP contribution in [0.25, 0.3) is 0 Å². The fourth-order valence-electron chi connectivity index (χ4n) is 2.89. The van der Waals surface area contributed by atoms with Crippen molar-refractivity contribution in [3.05, 3.63) is 88.3 Å². The van der Waals surface area contributed by atoms with E-state index in [0.29, 0.717) is 11.6 Å². The molecular formula is C22H20ClFN2O2. The van der Waals surface area contributed by atoms with Gasteiger partial charge < -0.3 is 4.74 Å². The van der Waals surface area contributed by atoms with Crippen LogP contribution in [-0.2, 0) is 11.3 Å². The highest BCUT2D eigenvalue weighted by atomic mass is 35.5. The van der Waals surface area contributed by atoms with Crippen LogP contribution in [0, 0.1) is 19.7 Å². The molecule has 0 bridgehead atoms. The average Bonchev–Trinajstić information content (AvgIpc) is 2.66. The first-order chi connectivity index (χ1) is 13.4. The summed E-state index contributed by atoms with van der Waals surface area (Å²) in [6, 6.07) is 15.4. The smallest absolute Gasteiger partial charge is 0.266 e. The standard InChI is InChI=1S/C22H20ClFN2O2/c1-15-10-16(2)12-17(11-15)28-14-22(27)26(21-8-3-4-9-25-21)13-18-19(23)6-5-7-20(18)24/h3-12H,13-14H2,1-2H3. The Morgan fingerprint density at radius 2 is 1.86 bits per heavy atom. The van der Waals surface area contributed by atoms with Crippen LogP contribution in [0.1, 0.15) is 16.7 Å². The third-order valence-electron chi connectivity index (χ3n) is 4.16. The molecule has 0 spiro atoms. The van der Waals surface area contributed by atoms with Crippen molar-refractivity contribution in [2.45, 2.75) is 20.4 Å². The molecule has 1 heterocycles. The fourth-order valence-corrected chi connectivity index (χ4v) is 3.11. The second-order valence-corrected chi connectivity index (χ2v) is 6.89. The largest absolute Gasteiger partial charge is 0.484 e. The minimum absolute atomic E-state index is 0.0441. The van der Waals surface area contributed by atoms with Crippen molar-refractivity contribution in [2.24, 2.45) is 0 Å². The number of aromatic nitrogens is 1. The van der Waals surface area contributed by atoms with Crippen molar-refractivity contribution >= 4 is 23.3 Å². The number of hydrogen-bond donors (Lipinski definition) is 0. The van der Waals surface area contributed by atoms with Gasteiger partial charge in [0.2, 0.25) is 0 Å². The van der Waals surface area contributed by atoms with Gasteiger partial charge in [-0.3, -0.25) is 9.69 Å². The van der Waals surface area contributed by atoms with E-state index in [4.69, 9.17) is 16.3 Å². The number of amides is 1. The zero-order valence-electron chi connectivity index (χ0n) is 15.7. The Kier molecular flexibility index (Phi) is 6.26. The average molecular weight is 399 g/mol. The van der Waals surface area contributed by atoms with Crippen LogP contribution >= 0.6 is 11.6 Å². The van der Waals surface area contributed by atoms with E-state index in [1.807, 2.05) is 32.0 Å². The Morgan fingerprint density at radius 3 is 2.50 bits per heavy atom. The molecule has 0 N–H and O–H groups in total. The van der Waals surface area contributed by atoms with Crippen molar-refractivity contribution < 1.29 is 13.9 Å². The van der Waals surface area contributed by atoms with E-state index in [9.17, 15) is 9.18 Å². The molecule has 4 nitrogen and oxygen atoms in total. The number of anilines is 1. The molecule has 3 aromatic rings. The van der Waals surface area contributed by atoms with E-state index < -0.39 is 5.82 Å². The van der Waals surface area contributed by atoms with Gasteiger partial charge in [-0.25, -0.2) is 9.37 Å². The molecule has 0 aliphatic carbocycles. The van der Waals surface area contributed by atoms with Crippen LogP contribution in [0.3, 0.4) is 0 Å². The van der Waals surface area contributed by atoms with E-state index in [-0.39, 0.29) is 29.6 Å². The van der Waals surface area contributed by atoms with Crippen LogP contribution in [0.5, 0.6) is 5.75 Å². The van der Waals surface area contributed by atoms with Gasteiger partial charge in [0, 0.05) is 16.8 Å². The Hall–Kier alpha value is -2.92. The summed E-state index contributed by atoms with van der Waals surface area (Å²) in [6.07, 6.45) is 1.57. The Labute approximate surface area is 168 Å². The second kappa shape index (κ2) is 8.85. The number of halogens is 2. The van der Waals surface area contributed by atoms with E-state index in [1.54, 1.807) is 30.5 Å². The van der Waals surface area contributed by atoms with Gasteiger partial charge in [-0.15, -0.1) is 0 Å². The lowest BCUT2D eigenvalue weighted by atomic mass is 10.1. The van der Waals surface area contributed by atoms with Gasteiger partial charge in [-0.05, 0) is 61.4 Å². The summed E-state index contributed by atoms with van der Waals surface area (Å²) in [7, 11) is 0. The minimum atomic E-state index is -0.476. The molecule has 0 radical (unpaired) electrons. The highest BCUT2D eigenvalue weighted by Crippen LogP contribution is 2.24. The first-order valence-corrected chi connectivity index (χ1v) is 9.17. The highest BCUT2D eigenvalue weighted by Gasteiger charge is 2.21. The maximum Gasteiger partial charge on any atom is 0.266 e. The van der Waals surface area contributed by atoms with Crippen LogP contribution in [0.2, 0.25) is 5.02 Å².